The number of rotatable bonds is 8. The maximum atomic E-state index is 11.6. The van der Waals surface area contributed by atoms with E-state index in [0.29, 0.717) is 0 Å². The van der Waals surface area contributed by atoms with Crippen molar-refractivity contribution in [1.82, 2.24) is 10.6 Å². The van der Waals surface area contributed by atoms with Crippen molar-refractivity contribution in [2.75, 3.05) is 6.54 Å². The third kappa shape index (κ3) is 6.28. The highest BCUT2D eigenvalue weighted by molar-refractivity contribution is 5.84. The molecule has 1 aliphatic rings. The molecule has 0 saturated carbocycles. The maximum Gasteiger partial charge on any atom is 0.370 e. The standard InChI is InChI=1S/C16H26N2O8/c1-7(2)4-12(22)17-6-10(21)14(23)15-13(18-8(3)19)9(20)5-11(26-15)16(24)25/h5,7,9-10,13-15,20-21,23H,4,6H2,1-3H3,(H,17,22)(H,18,19)(H,24,25)/t9-,10?,13-,14?,15?/m1/s1. The van der Waals surface area contributed by atoms with Crippen LogP contribution in [0.4, 0.5) is 0 Å². The van der Waals surface area contributed by atoms with Crippen LogP contribution in [0.1, 0.15) is 27.2 Å². The lowest BCUT2D eigenvalue weighted by molar-refractivity contribution is -0.147. The molecule has 0 aromatic carbocycles. The molecular formula is C16H26N2O8. The van der Waals surface area contributed by atoms with Gasteiger partial charge < -0.3 is 35.8 Å². The number of carboxylic acid groups (broad SMARTS) is 1. The number of hydrogen-bond acceptors (Lipinski definition) is 7. The van der Waals surface area contributed by atoms with Crippen LogP contribution in [0.2, 0.25) is 0 Å². The van der Waals surface area contributed by atoms with Gasteiger partial charge in [0.25, 0.3) is 0 Å². The fourth-order valence-corrected chi connectivity index (χ4v) is 2.52. The van der Waals surface area contributed by atoms with Crippen LogP contribution in [-0.4, -0.2) is 75.2 Å². The molecule has 1 rings (SSSR count). The van der Waals surface area contributed by atoms with Gasteiger partial charge in [-0.25, -0.2) is 4.79 Å². The molecule has 2 amide bonds. The Kier molecular flexibility index (Phi) is 8.00. The van der Waals surface area contributed by atoms with Crippen molar-refractivity contribution in [3.63, 3.8) is 0 Å². The summed E-state index contributed by atoms with van der Waals surface area (Å²) in [7, 11) is 0. The number of carboxylic acids is 1. The number of aliphatic carboxylic acids is 1. The van der Waals surface area contributed by atoms with Gasteiger partial charge in [-0.1, -0.05) is 13.8 Å². The van der Waals surface area contributed by atoms with Crippen molar-refractivity contribution < 1.29 is 39.5 Å². The largest absolute Gasteiger partial charge is 0.478 e. The smallest absolute Gasteiger partial charge is 0.370 e. The Labute approximate surface area is 150 Å². The number of nitrogens with one attached hydrogen (secondary N) is 2. The Morgan fingerprint density at radius 3 is 2.38 bits per heavy atom. The van der Waals surface area contributed by atoms with Gasteiger partial charge in [0, 0.05) is 19.9 Å². The summed E-state index contributed by atoms with van der Waals surface area (Å²) >= 11 is 0. The van der Waals surface area contributed by atoms with E-state index >= 15 is 0 Å². The summed E-state index contributed by atoms with van der Waals surface area (Å²) in [5.74, 6) is -2.83. The normalized spacial score (nSPS) is 24.9. The summed E-state index contributed by atoms with van der Waals surface area (Å²) in [6.07, 6.45) is -4.93. The molecule has 10 heteroatoms. The van der Waals surface area contributed by atoms with Crippen LogP contribution in [0.25, 0.3) is 0 Å². The molecule has 0 saturated heterocycles. The van der Waals surface area contributed by atoms with E-state index in [1.165, 1.54) is 6.92 Å². The van der Waals surface area contributed by atoms with E-state index in [2.05, 4.69) is 10.6 Å². The third-order valence-corrected chi connectivity index (χ3v) is 3.72. The molecule has 0 aliphatic carbocycles. The van der Waals surface area contributed by atoms with E-state index in [4.69, 9.17) is 9.84 Å². The van der Waals surface area contributed by atoms with Crippen molar-refractivity contribution in [2.24, 2.45) is 5.92 Å². The topological polar surface area (TPSA) is 165 Å². The minimum absolute atomic E-state index is 0.112. The summed E-state index contributed by atoms with van der Waals surface area (Å²) in [4.78, 5) is 34.0. The van der Waals surface area contributed by atoms with Gasteiger partial charge in [-0.2, -0.15) is 0 Å². The number of ether oxygens (including phenoxy) is 1. The summed E-state index contributed by atoms with van der Waals surface area (Å²) in [6, 6.07) is -1.17. The molecule has 5 atom stereocenters. The quantitative estimate of drug-likeness (QED) is 0.287. The highest BCUT2D eigenvalue weighted by Gasteiger charge is 2.43. The van der Waals surface area contributed by atoms with Gasteiger partial charge in [0.1, 0.15) is 18.3 Å². The Bertz CT molecular complexity index is 562. The van der Waals surface area contributed by atoms with E-state index in [0.717, 1.165) is 6.08 Å². The molecule has 26 heavy (non-hydrogen) atoms. The number of hydrogen-bond donors (Lipinski definition) is 6. The molecule has 1 aliphatic heterocycles. The third-order valence-electron chi connectivity index (χ3n) is 3.72. The lowest BCUT2D eigenvalue weighted by Gasteiger charge is -2.38. The average molecular weight is 374 g/mol. The molecule has 3 unspecified atom stereocenters. The second kappa shape index (κ2) is 9.51. The van der Waals surface area contributed by atoms with Crippen LogP contribution in [0.3, 0.4) is 0 Å². The van der Waals surface area contributed by atoms with Crippen molar-refractivity contribution in [2.45, 2.75) is 57.6 Å². The van der Waals surface area contributed by atoms with E-state index in [1.807, 2.05) is 13.8 Å². The van der Waals surface area contributed by atoms with Crippen LogP contribution in [0.5, 0.6) is 0 Å². The zero-order chi connectivity index (χ0) is 20.0. The average Bonchev–Trinajstić information content (AvgIpc) is 2.52. The van der Waals surface area contributed by atoms with Gasteiger partial charge in [-0.3, -0.25) is 9.59 Å². The number of carbonyl (C=O) groups is 3. The molecule has 6 N–H and O–H groups in total. The number of carbonyl (C=O) groups excluding carboxylic acids is 2. The maximum absolute atomic E-state index is 11.6. The van der Waals surface area contributed by atoms with E-state index in [-0.39, 0.29) is 24.8 Å². The van der Waals surface area contributed by atoms with Crippen LogP contribution in [0, 0.1) is 5.92 Å². The van der Waals surface area contributed by atoms with Gasteiger partial charge in [0.05, 0.1) is 6.04 Å². The summed E-state index contributed by atoms with van der Waals surface area (Å²) in [5.41, 5.74) is 0. The number of aliphatic hydroxyl groups is 3. The molecule has 0 fully saturated rings. The first-order valence-corrected chi connectivity index (χ1v) is 8.22. The van der Waals surface area contributed by atoms with Crippen molar-refractivity contribution >= 4 is 17.8 Å². The van der Waals surface area contributed by atoms with Crippen molar-refractivity contribution in [3.8, 4) is 0 Å². The lowest BCUT2D eigenvalue weighted by atomic mass is 9.93. The van der Waals surface area contributed by atoms with Crippen molar-refractivity contribution in [3.05, 3.63) is 11.8 Å². The van der Waals surface area contributed by atoms with Gasteiger partial charge in [0.15, 0.2) is 6.10 Å². The summed E-state index contributed by atoms with van der Waals surface area (Å²) < 4.78 is 5.15. The predicted octanol–water partition coefficient (Wildman–Crippen LogP) is -1.90. The lowest BCUT2D eigenvalue weighted by Crippen LogP contribution is -2.60. The van der Waals surface area contributed by atoms with Gasteiger partial charge >= 0.3 is 5.97 Å². The Morgan fingerprint density at radius 1 is 1.27 bits per heavy atom. The molecule has 148 valence electrons. The van der Waals surface area contributed by atoms with E-state index < -0.39 is 48.1 Å². The van der Waals surface area contributed by atoms with Crippen LogP contribution >= 0.6 is 0 Å². The fraction of sp³-hybridized carbons (Fsp3) is 0.688. The summed E-state index contributed by atoms with van der Waals surface area (Å²) in [5, 5.41) is 44.3. The van der Waals surface area contributed by atoms with Crippen LogP contribution in [-0.2, 0) is 19.1 Å². The second-order valence-corrected chi connectivity index (χ2v) is 6.60. The Morgan fingerprint density at radius 2 is 1.88 bits per heavy atom. The van der Waals surface area contributed by atoms with Crippen LogP contribution in [0.15, 0.2) is 11.8 Å². The first-order chi connectivity index (χ1) is 12.0. The molecule has 0 spiro atoms. The van der Waals surface area contributed by atoms with E-state index in [9.17, 15) is 29.7 Å². The SMILES string of the molecule is CC(=O)N[C@H]1C(C(O)C(O)CNC(=O)CC(C)C)OC(C(=O)O)=C[C@H]1O. The Hall–Kier alpha value is -2.17. The molecule has 0 aromatic heterocycles. The second-order valence-electron chi connectivity index (χ2n) is 6.60. The predicted molar refractivity (Wildman–Crippen MR) is 88.7 cm³/mol. The zero-order valence-electron chi connectivity index (χ0n) is 14.9. The first-order valence-electron chi connectivity index (χ1n) is 8.22. The molecule has 0 aromatic rings. The molecular weight excluding hydrogens is 348 g/mol. The zero-order valence-corrected chi connectivity index (χ0v) is 14.9. The highest BCUT2D eigenvalue weighted by atomic mass is 16.5. The molecule has 0 radical (unpaired) electrons. The molecule has 0 bridgehead atoms. The number of amides is 2. The van der Waals surface area contributed by atoms with Crippen LogP contribution < -0.4 is 10.6 Å². The molecule has 10 nitrogen and oxygen atoms in total. The minimum Gasteiger partial charge on any atom is -0.478 e. The first kappa shape index (κ1) is 21.9. The monoisotopic (exact) mass is 374 g/mol. The van der Waals surface area contributed by atoms with Crippen molar-refractivity contribution in [1.29, 1.82) is 0 Å². The minimum atomic E-state index is -1.68. The van der Waals surface area contributed by atoms with Gasteiger partial charge in [-0.05, 0) is 12.0 Å². The highest BCUT2D eigenvalue weighted by Crippen LogP contribution is 2.23. The molecule has 1 heterocycles. The number of aliphatic hydroxyl groups excluding tert-OH is 3. The Balaban J connectivity index is 2.85. The summed E-state index contributed by atoms with van der Waals surface area (Å²) in [6.45, 7) is 4.57. The van der Waals surface area contributed by atoms with E-state index in [1.54, 1.807) is 0 Å². The van der Waals surface area contributed by atoms with Gasteiger partial charge in [-0.15, -0.1) is 0 Å². The van der Waals surface area contributed by atoms with Gasteiger partial charge in [0.2, 0.25) is 17.6 Å². The fourth-order valence-electron chi connectivity index (χ4n) is 2.52.